The third-order valence-electron chi connectivity index (χ3n) is 8.10. The van der Waals surface area contributed by atoms with Crippen molar-refractivity contribution in [3.05, 3.63) is 164 Å². The molecule has 0 aliphatic carbocycles. The summed E-state index contributed by atoms with van der Waals surface area (Å²) in [4.78, 5) is 9.49. The summed E-state index contributed by atoms with van der Waals surface area (Å²) < 4.78 is 2.38. The Hall–Kier alpha value is -5.80. The van der Waals surface area contributed by atoms with Crippen LogP contribution < -0.4 is 0 Å². The highest BCUT2D eigenvalue weighted by molar-refractivity contribution is 6.09. The lowest BCUT2D eigenvalue weighted by molar-refractivity contribution is 1.10. The van der Waals surface area contributed by atoms with Crippen LogP contribution in [-0.4, -0.2) is 14.5 Å². The van der Waals surface area contributed by atoms with Gasteiger partial charge >= 0.3 is 0 Å². The molecule has 0 atom stereocenters. The van der Waals surface area contributed by atoms with E-state index in [0.29, 0.717) is 0 Å². The third kappa shape index (κ3) is 4.48. The van der Waals surface area contributed by atoms with Crippen molar-refractivity contribution in [2.24, 2.45) is 0 Å². The molecule has 0 saturated heterocycles. The molecule has 0 fully saturated rings. The van der Waals surface area contributed by atoms with E-state index in [9.17, 15) is 0 Å². The fourth-order valence-electron chi connectivity index (χ4n) is 6.11. The molecule has 0 amide bonds. The van der Waals surface area contributed by atoms with Crippen molar-refractivity contribution in [3.63, 3.8) is 0 Å². The van der Waals surface area contributed by atoms with Crippen LogP contribution in [0.25, 0.3) is 72.3 Å². The maximum Gasteiger partial charge on any atom is 0.0708 e. The van der Waals surface area contributed by atoms with Crippen molar-refractivity contribution in [1.82, 2.24) is 14.5 Å². The molecule has 0 aliphatic heterocycles. The van der Waals surface area contributed by atoms with Gasteiger partial charge in [-0.2, -0.15) is 0 Å². The van der Waals surface area contributed by atoms with Crippen LogP contribution in [0.1, 0.15) is 0 Å². The minimum absolute atomic E-state index is 0.948. The molecular weight excluding hydrogens is 522 g/mol. The van der Waals surface area contributed by atoms with Crippen molar-refractivity contribution >= 4 is 21.5 Å². The third-order valence-corrected chi connectivity index (χ3v) is 8.10. The average molecular weight is 550 g/mol. The Balaban J connectivity index is 1.46. The average Bonchev–Trinajstić information content (AvgIpc) is 3.54. The molecule has 3 nitrogen and oxygen atoms in total. The molecular formula is C40H27N3. The molecule has 0 aliphatic rings. The van der Waals surface area contributed by atoms with Gasteiger partial charge in [-0.3, -0.25) is 9.97 Å². The molecule has 5 aromatic carbocycles. The van der Waals surface area contributed by atoms with Crippen LogP contribution in [0.15, 0.2) is 164 Å². The topological polar surface area (TPSA) is 30.7 Å². The van der Waals surface area contributed by atoms with Gasteiger partial charge in [-0.15, -0.1) is 0 Å². The van der Waals surface area contributed by atoms with E-state index in [2.05, 4.69) is 143 Å². The molecule has 3 heterocycles. The van der Waals surface area contributed by atoms with E-state index in [-0.39, 0.29) is 0 Å². The maximum atomic E-state index is 4.81. The number of benzene rings is 5. The van der Waals surface area contributed by atoms with Crippen molar-refractivity contribution in [2.75, 3.05) is 0 Å². The minimum atomic E-state index is 0.948. The molecule has 43 heavy (non-hydrogen) atoms. The quantitative estimate of drug-likeness (QED) is 0.200. The number of hydrogen-bond donors (Lipinski definition) is 0. The molecule has 3 aromatic heterocycles. The second-order valence-electron chi connectivity index (χ2n) is 10.7. The Kier molecular flexibility index (Phi) is 6.12. The highest BCUT2D eigenvalue weighted by Crippen LogP contribution is 2.39. The van der Waals surface area contributed by atoms with Crippen LogP contribution in [0.2, 0.25) is 0 Å². The number of pyridine rings is 2. The molecule has 0 radical (unpaired) electrons. The Bertz CT molecular complexity index is 2150. The molecule has 0 spiro atoms. The number of rotatable bonds is 5. The summed E-state index contributed by atoms with van der Waals surface area (Å²) in [5, 5.41) is 4.68. The summed E-state index contributed by atoms with van der Waals surface area (Å²) in [6, 6.07) is 53.5. The predicted octanol–water partition coefficient (Wildman–Crippen LogP) is 10.2. The summed E-state index contributed by atoms with van der Waals surface area (Å²) in [5.41, 5.74) is 9.85. The molecule has 0 unspecified atom stereocenters. The van der Waals surface area contributed by atoms with E-state index < -0.39 is 0 Å². The molecule has 3 heteroatoms. The summed E-state index contributed by atoms with van der Waals surface area (Å²) in [6.45, 7) is 0. The van der Waals surface area contributed by atoms with Gasteiger partial charge in [0, 0.05) is 29.2 Å². The zero-order valence-corrected chi connectivity index (χ0v) is 23.4. The second kappa shape index (κ2) is 10.6. The molecule has 202 valence electrons. The van der Waals surface area contributed by atoms with Crippen molar-refractivity contribution in [2.45, 2.75) is 0 Å². The number of fused-ring (bicyclic) bond motifs is 2. The zero-order valence-electron chi connectivity index (χ0n) is 23.4. The highest BCUT2D eigenvalue weighted by Gasteiger charge is 2.17. The molecule has 0 saturated carbocycles. The monoisotopic (exact) mass is 549 g/mol. The first-order valence-corrected chi connectivity index (χ1v) is 14.5. The zero-order chi connectivity index (χ0) is 28.6. The van der Waals surface area contributed by atoms with Crippen molar-refractivity contribution in [1.29, 1.82) is 0 Å². The van der Waals surface area contributed by atoms with E-state index in [4.69, 9.17) is 4.98 Å². The number of nitrogens with zero attached hydrogens (tertiary/aromatic N) is 3. The van der Waals surface area contributed by atoms with Crippen LogP contribution in [0.5, 0.6) is 0 Å². The van der Waals surface area contributed by atoms with Crippen LogP contribution in [0.4, 0.5) is 0 Å². The Labute approximate surface area is 250 Å². The van der Waals surface area contributed by atoms with Gasteiger partial charge in [-0.25, -0.2) is 0 Å². The van der Waals surface area contributed by atoms with Gasteiger partial charge in [0.25, 0.3) is 0 Å². The fourth-order valence-corrected chi connectivity index (χ4v) is 6.11. The van der Waals surface area contributed by atoms with Crippen LogP contribution in [0, 0.1) is 0 Å². The number of hydrogen-bond acceptors (Lipinski definition) is 2. The van der Waals surface area contributed by atoms with Gasteiger partial charge in [-0.05, 0) is 93.3 Å². The Morgan fingerprint density at radius 2 is 0.953 bits per heavy atom. The minimum Gasteiger partial charge on any atom is -0.309 e. The second-order valence-corrected chi connectivity index (χ2v) is 10.7. The van der Waals surface area contributed by atoms with Crippen molar-refractivity contribution in [3.8, 4) is 50.7 Å². The molecule has 8 aromatic rings. The molecule has 0 N–H and O–H groups in total. The SMILES string of the molecule is c1ccc(-c2ccc(-c3ccccc3)n2-c2cc(-c3ccccn3)c3cc4cccc(-c5ccccn5)c4cc3c2)cc1. The maximum absolute atomic E-state index is 4.81. The lowest BCUT2D eigenvalue weighted by Gasteiger charge is -2.18. The smallest absolute Gasteiger partial charge is 0.0708 e. The van der Waals surface area contributed by atoms with E-state index >= 15 is 0 Å². The first kappa shape index (κ1) is 25.0. The van der Waals surface area contributed by atoms with Gasteiger partial charge in [0.15, 0.2) is 0 Å². The van der Waals surface area contributed by atoms with E-state index in [1.807, 2.05) is 30.6 Å². The standard InChI is InChI=1S/C40H27N3/c1-3-12-28(13-4-1)39-20-21-40(29-14-5-2-6-15-29)43(39)32-24-31-26-34-30(16-11-17-33(34)37-18-7-9-22-41-37)25-35(31)36(27-32)38-19-8-10-23-42-38/h1-27H. The van der Waals surface area contributed by atoms with Gasteiger partial charge in [0.1, 0.15) is 0 Å². The summed E-state index contributed by atoms with van der Waals surface area (Å²) in [6.07, 6.45) is 3.73. The van der Waals surface area contributed by atoms with Gasteiger partial charge in [0.05, 0.1) is 22.8 Å². The predicted molar refractivity (Wildman–Crippen MR) is 178 cm³/mol. The van der Waals surface area contributed by atoms with Gasteiger partial charge in [-0.1, -0.05) is 91.0 Å². The molecule has 8 rings (SSSR count). The largest absolute Gasteiger partial charge is 0.309 e. The lowest BCUT2D eigenvalue weighted by atomic mass is 9.94. The van der Waals surface area contributed by atoms with E-state index in [1.165, 1.54) is 27.3 Å². The van der Waals surface area contributed by atoms with E-state index in [1.54, 1.807) is 0 Å². The first-order chi connectivity index (χ1) is 21.3. The normalized spacial score (nSPS) is 11.3. The summed E-state index contributed by atoms with van der Waals surface area (Å²) >= 11 is 0. The first-order valence-electron chi connectivity index (χ1n) is 14.5. The highest BCUT2D eigenvalue weighted by atomic mass is 15.0. The Morgan fingerprint density at radius 1 is 0.395 bits per heavy atom. The van der Waals surface area contributed by atoms with E-state index in [0.717, 1.165) is 45.0 Å². The fraction of sp³-hybridized carbons (Fsp3) is 0. The lowest BCUT2D eigenvalue weighted by Crippen LogP contribution is -2.01. The summed E-state index contributed by atoms with van der Waals surface area (Å²) in [5.74, 6) is 0. The van der Waals surface area contributed by atoms with Gasteiger partial charge in [0.2, 0.25) is 0 Å². The number of aromatic nitrogens is 3. The molecule has 0 bridgehead atoms. The van der Waals surface area contributed by atoms with Crippen LogP contribution in [0.3, 0.4) is 0 Å². The van der Waals surface area contributed by atoms with Crippen LogP contribution in [-0.2, 0) is 0 Å². The van der Waals surface area contributed by atoms with Crippen LogP contribution >= 0.6 is 0 Å². The van der Waals surface area contributed by atoms with Gasteiger partial charge < -0.3 is 4.57 Å². The summed E-state index contributed by atoms with van der Waals surface area (Å²) in [7, 11) is 0. The Morgan fingerprint density at radius 3 is 1.56 bits per heavy atom. The van der Waals surface area contributed by atoms with Crippen molar-refractivity contribution < 1.29 is 0 Å².